The molecule has 0 bridgehead atoms. The van der Waals surface area contributed by atoms with Gasteiger partial charge in [-0.15, -0.1) is 0 Å². The maximum absolute atomic E-state index is 13.1. The maximum atomic E-state index is 13.1. The first-order chi connectivity index (χ1) is 10.1. The smallest absolute Gasteiger partial charge is 0.231 e. The van der Waals surface area contributed by atoms with Crippen molar-refractivity contribution in [2.75, 3.05) is 5.32 Å². The van der Waals surface area contributed by atoms with Crippen molar-refractivity contribution in [3.8, 4) is 0 Å². The van der Waals surface area contributed by atoms with E-state index in [-0.39, 0.29) is 16.8 Å². The van der Waals surface area contributed by atoms with Gasteiger partial charge in [0, 0.05) is 5.69 Å². The van der Waals surface area contributed by atoms with Crippen LogP contribution < -0.4 is 5.32 Å². The second kappa shape index (κ2) is 7.23. The van der Waals surface area contributed by atoms with Crippen LogP contribution in [0.1, 0.15) is 31.2 Å². The zero-order valence-corrected chi connectivity index (χ0v) is 12.5. The predicted molar refractivity (Wildman–Crippen MR) is 84.1 cm³/mol. The van der Waals surface area contributed by atoms with Crippen LogP contribution >= 0.6 is 11.6 Å². The minimum Gasteiger partial charge on any atom is -0.326 e. The van der Waals surface area contributed by atoms with Gasteiger partial charge < -0.3 is 5.32 Å². The van der Waals surface area contributed by atoms with Gasteiger partial charge in [0.05, 0.1) is 10.9 Å². The molecular formula is C17H17ClFNO. The molecule has 0 saturated heterocycles. The summed E-state index contributed by atoms with van der Waals surface area (Å²) in [7, 11) is 0. The number of rotatable bonds is 5. The van der Waals surface area contributed by atoms with Crippen molar-refractivity contribution >= 4 is 23.2 Å². The molecule has 0 radical (unpaired) electrons. The molecule has 4 heteroatoms. The molecule has 2 aromatic carbocycles. The normalized spacial score (nSPS) is 12.0. The fourth-order valence-electron chi connectivity index (χ4n) is 2.23. The van der Waals surface area contributed by atoms with Crippen molar-refractivity contribution < 1.29 is 9.18 Å². The first-order valence-electron chi connectivity index (χ1n) is 6.92. The highest BCUT2D eigenvalue weighted by Gasteiger charge is 2.19. The lowest BCUT2D eigenvalue weighted by Gasteiger charge is -2.16. The van der Waals surface area contributed by atoms with E-state index in [1.54, 1.807) is 0 Å². The Morgan fingerprint density at radius 1 is 1.24 bits per heavy atom. The van der Waals surface area contributed by atoms with Gasteiger partial charge in [-0.25, -0.2) is 4.39 Å². The Labute approximate surface area is 128 Å². The van der Waals surface area contributed by atoms with Gasteiger partial charge in [-0.3, -0.25) is 4.79 Å². The minimum atomic E-state index is -0.497. The second-order valence-corrected chi connectivity index (χ2v) is 5.28. The van der Waals surface area contributed by atoms with Crippen LogP contribution in [-0.2, 0) is 4.79 Å². The topological polar surface area (TPSA) is 29.1 Å². The summed E-state index contributed by atoms with van der Waals surface area (Å²) in [6, 6.07) is 13.8. The fourth-order valence-corrected chi connectivity index (χ4v) is 2.41. The van der Waals surface area contributed by atoms with Crippen molar-refractivity contribution in [2.45, 2.75) is 25.7 Å². The van der Waals surface area contributed by atoms with Gasteiger partial charge >= 0.3 is 0 Å². The third kappa shape index (κ3) is 4.05. The van der Waals surface area contributed by atoms with Crippen LogP contribution in [0.5, 0.6) is 0 Å². The summed E-state index contributed by atoms with van der Waals surface area (Å²) in [6.45, 7) is 2.04. The Kier molecular flexibility index (Phi) is 5.34. The lowest BCUT2D eigenvalue weighted by atomic mass is 9.93. The molecule has 0 saturated carbocycles. The van der Waals surface area contributed by atoms with Crippen LogP contribution in [0.4, 0.5) is 10.1 Å². The number of hydrogen-bond acceptors (Lipinski definition) is 1. The minimum absolute atomic E-state index is 0.000414. The van der Waals surface area contributed by atoms with Crippen molar-refractivity contribution in [3.05, 3.63) is 64.9 Å². The maximum Gasteiger partial charge on any atom is 0.231 e. The Balaban J connectivity index is 2.17. The average Bonchev–Trinajstić information content (AvgIpc) is 2.49. The molecule has 0 aliphatic heterocycles. The number of amides is 1. The molecule has 0 spiro atoms. The van der Waals surface area contributed by atoms with E-state index in [1.165, 1.54) is 18.2 Å². The van der Waals surface area contributed by atoms with E-state index < -0.39 is 5.82 Å². The molecule has 2 rings (SSSR count). The van der Waals surface area contributed by atoms with E-state index in [9.17, 15) is 9.18 Å². The van der Waals surface area contributed by atoms with E-state index in [0.717, 1.165) is 18.4 Å². The van der Waals surface area contributed by atoms with E-state index >= 15 is 0 Å². The highest BCUT2D eigenvalue weighted by Crippen LogP contribution is 2.25. The first kappa shape index (κ1) is 15.5. The van der Waals surface area contributed by atoms with Crippen LogP contribution in [0.2, 0.25) is 5.02 Å². The molecule has 0 fully saturated rings. The standard InChI is InChI=1S/C17H17ClFNO/c1-2-6-14(12-7-4-3-5-8-12)17(21)20-13-9-10-16(19)15(18)11-13/h3-5,7-11,14H,2,6H2,1H3,(H,20,21)/t14-/m0/s1. The zero-order chi connectivity index (χ0) is 15.2. The second-order valence-electron chi connectivity index (χ2n) is 4.87. The van der Waals surface area contributed by atoms with Gasteiger partial charge in [-0.1, -0.05) is 55.3 Å². The zero-order valence-electron chi connectivity index (χ0n) is 11.8. The Morgan fingerprint density at radius 3 is 2.57 bits per heavy atom. The summed E-state index contributed by atoms with van der Waals surface area (Å²) < 4.78 is 13.1. The van der Waals surface area contributed by atoms with Gasteiger partial charge in [0.2, 0.25) is 5.91 Å². The van der Waals surface area contributed by atoms with Crippen LogP contribution in [0.25, 0.3) is 0 Å². The Bertz CT molecular complexity index is 615. The van der Waals surface area contributed by atoms with Crippen molar-refractivity contribution in [3.63, 3.8) is 0 Å². The number of anilines is 1. The number of hydrogen-bond donors (Lipinski definition) is 1. The lowest BCUT2D eigenvalue weighted by molar-refractivity contribution is -0.117. The molecule has 0 unspecified atom stereocenters. The van der Waals surface area contributed by atoms with E-state index in [2.05, 4.69) is 5.32 Å². The molecular weight excluding hydrogens is 289 g/mol. The van der Waals surface area contributed by atoms with E-state index in [0.29, 0.717) is 5.69 Å². The summed E-state index contributed by atoms with van der Waals surface area (Å²) in [5.41, 5.74) is 1.48. The number of benzene rings is 2. The fraction of sp³-hybridized carbons (Fsp3) is 0.235. The number of nitrogens with one attached hydrogen (secondary N) is 1. The highest BCUT2D eigenvalue weighted by atomic mass is 35.5. The van der Waals surface area contributed by atoms with Crippen LogP contribution in [0.15, 0.2) is 48.5 Å². The highest BCUT2D eigenvalue weighted by molar-refractivity contribution is 6.31. The number of carbonyl (C=O) groups is 1. The number of halogens is 2. The van der Waals surface area contributed by atoms with Gasteiger partial charge in [0.25, 0.3) is 0 Å². The molecule has 0 heterocycles. The quantitative estimate of drug-likeness (QED) is 0.827. The molecule has 110 valence electrons. The van der Waals surface area contributed by atoms with Crippen molar-refractivity contribution in [1.29, 1.82) is 0 Å². The van der Waals surface area contributed by atoms with Gasteiger partial charge in [0.15, 0.2) is 0 Å². The predicted octanol–water partition coefficient (Wildman–Crippen LogP) is 5.00. The van der Waals surface area contributed by atoms with Gasteiger partial charge in [-0.05, 0) is 30.2 Å². The van der Waals surface area contributed by atoms with Crippen molar-refractivity contribution in [2.24, 2.45) is 0 Å². The first-order valence-corrected chi connectivity index (χ1v) is 7.30. The molecule has 1 amide bonds. The Hall–Kier alpha value is -1.87. The number of carbonyl (C=O) groups excluding carboxylic acids is 1. The van der Waals surface area contributed by atoms with Crippen LogP contribution in [0, 0.1) is 5.82 Å². The summed E-state index contributed by atoms with van der Waals surface area (Å²) in [6.07, 6.45) is 1.65. The molecule has 1 N–H and O–H groups in total. The molecule has 2 nitrogen and oxygen atoms in total. The molecule has 0 aliphatic carbocycles. The van der Waals surface area contributed by atoms with Crippen LogP contribution in [0.3, 0.4) is 0 Å². The monoisotopic (exact) mass is 305 g/mol. The third-order valence-electron chi connectivity index (χ3n) is 3.28. The summed E-state index contributed by atoms with van der Waals surface area (Å²) in [5.74, 6) is -0.825. The summed E-state index contributed by atoms with van der Waals surface area (Å²) in [4.78, 5) is 12.5. The summed E-state index contributed by atoms with van der Waals surface area (Å²) in [5, 5.41) is 2.80. The SMILES string of the molecule is CCC[C@H](C(=O)Nc1ccc(F)c(Cl)c1)c1ccccc1. The molecule has 1 atom stereocenters. The lowest BCUT2D eigenvalue weighted by Crippen LogP contribution is -2.21. The van der Waals surface area contributed by atoms with Gasteiger partial charge in [0.1, 0.15) is 5.82 Å². The summed E-state index contributed by atoms with van der Waals surface area (Å²) >= 11 is 5.73. The largest absolute Gasteiger partial charge is 0.326 e. The Morgan fingerprint density at radius 2 is 1.95 bits per heavy atom. The molecule has 0 aliphatic rings. The van der Waals surface area contributed by atoms with E-state index in [1.807, 2.05) is 37.3 Å². The van der Waals surface area contributed by atoms with E-state index in [4.69, 9.17) is 11.6 Å². The molecule has 0 aromatic heterocycles. The van der Waals surface area contributed by atoms with Gasteiger partial charge in [-0.2, -0.15) is 0 Å². The average molecular weight is 306 g/mol. The molecule has 21 heavy (non-hydrogen) atoms. The third-order valence-corrected chi connectivity index (χ3v) is 3.57. The van der Waals surface area contributed by atoms with Crippen molar-refractivity contribution in [1.82, 2.24) is 0 Å². The molecule has 2 aromatic rings. The van der Waals surface area contributed by atoms with Crippen LogP contribution in [-0.4, -0.2) is 5.91 Å².